The van der Waals surface area contributed by atoms with Crippen molar-refractivity contribution in [1.82, 2.24) is 0 Å². The first-order valence-corrected chi connectivity index (χ1v) is 7.47. The number of nitrogens with one attached hydrogen (secondary N) is 1. The molecule has 1 aliphatic heterocycles. The Morgan fingerprint density at radius 2 is 1.78 bits per heavy atom. The molecule has 1 atom stereocenters. The molecular formula is C16H13Cl2NO4. The summed E-state index contributed by atoms with van der Waals surface area (Å²) >= 11 is 12.0. The Labute approximate surface area is 143 Å². The second-order valence-corrected chi connectivity index (χ2v) is 5.73. The number of benzene rings is 2. The lowest BCUT2D eigenvalue weighted by Gasteiger charge is -2.15. The molecular weight excluding hydrogens is 341 g/mol. The Balaban J connectivity index is 1.98. The predicted molar refractivity (Wildman–Crippen MR) is 87.8 cm³/mol. The van der Waals surface area contributed by atoms with Crippen molar-refractivity contribution in [2.75, 3.05) is 19.5 Å². The zero-order chi connectivity index (χ0) is 16.6. The van der Waals surface area contributed by atoms with Crippen molar-refractivity contribution in [2.24, 2.45) is 0 Å². The van der Waals surface area contributed by atoms with E-state index in [-0.39, 0.29) is 0 Å². The van der Waals surface area contributed by atoms with Gasteiger partial charge in [-0.05, 0) is 30.3 Å². The fourth-order valence-corrected chi connectivity index (χ4v) is 3.02. The molecule has 120 valence electrons. The summed E-state index contributed by atoms with van der Waals surface area (Å²) in [4.78, 5) is 12.2. The molecule has 0 aromatic heterocycles. The monoisotopic (exact) mass is 353 g/mol. The van der Waals surface area contributed by atoms with Gasteiger partial charge in [-0.2, -0.15) is 0 Å². The molecule has 0 saturated heterocycles. The average Bonchev–Trinajstić information content (AvgIpc) is 2.81. The fourth-order valence-electron chi connectivity index (χ4n) is 2.50. The van der Waals surface area contributed by atoms with Crippen LogP contribution < -0.4 is 14.8 Å². The number of carbonyl (C=O) groups excluding carboxylic acids is 1. The Morgan fingerprint density at radius 1 is 1.09 bits per heavy atom. The summed E-state index contributed by atoms with van der Waals surface area (Å²) < 4.78 is 15.9. The van der Waals surface area contributed by atoms with Crippen molar-refractivity contribution in [3.05, 3.63) is 51.5 Å². The molecule has 2 aromatic rings. The van der Waals surface area contributed by atoms with Gasteiger partial charge in [0.15, 0.2) is 11.5 Å². The highest BCUT2D eigenvalue weighted by Gasteiger charge is 2.35. The van der Waals surface area contributed by atoms with E-state index < -0.39 is 12.2 Å². The minimum Gasteiger partial charge on any atom is -0.493 e. The maximum atomic E-state index is 12.2. The van der Waals surface area contributed by atoms with E-state index in [0.717, 1.165) is 0 Å². The summed E-state index contributed by atoms with van der Waals surface area (Å²) in [6.45, 7) is 0. The van der Waals surface area contributed by atoms with E-state index in [0.29, 0.717) is 38.4 Å². The predicted octanol–water partition coefficient (Wildman–Crippen LogP) is 4.29. The Morgan fingerprint density at radius 3 is 2.39 bits per heavy atom. The van der Waals surface area contributed by atoms with Gasteiger partial charge in [0.05, 0.1) is 14.2 Å². The molecule has 0 aliphatic carbocycles. The largest absolute Gasteiger partial charge is 0.493 e. The van der Waals surface area contributed by atoms with Crippen LogP contribution >= 0.6 is 23.2 Å². The minimum absolute atomic E-state index is 0.345. The first kappa shape index (κ1) is 15.8. The molecule has 0 spiro atoms. The molecule has 1 heterocycles. The summed E-state index contributed by atoms with van der Waals surface area (Å²) in [7, 11) is 2.98. The summed E-state index contributed by atoms with van der Waals surface area (Å²) in [5, 5.41) is 4.06. The second kappa shape index (κ2) is 6.18. The van der Waals surface area contributed by atoms with Crippen LogP contribution in [0.2, 0.25) is 10.0 Å². The normalized spacial score (nSPS) is 15.8. The third kappa shape index (κ3) is 2.90. The zero-order valence-electron chi connectivity index (χ0n) is 12.4. The van der Waals surface area contributed by atoms with Crippen LogP contribution in [0.1, 0.15) is 22.1 Å². The zero-order valence-corrected chi connectivity index (χ0v) is 13.9. The van der Waals surface area contributed by atoms with E-state index in [4.69, 9.17) is 37.4 Å². The SMILES string of the molecule is COc1ccc2c(c1OC)C(=O)OC2Nc1cc(Cl)cc(Cl)c1. The first-order valence-electron chi connectivity index (χ1n) is 6.72. The van der Waals surface area contributed by atoms with Crippen molar-refractivity contribution in [3.8, 4) is 11.5 Å². The van der Waals surface area contributed by atoms with Crippen LogP contribution in [-0.4, -0.2) is 20.2 Å². The van der Waals surface area contributed by atoms with Gasteiger partial charge in [-0.3, -0.25) is 0 Å². The maximum absolute atomic E-state index is 12.2. The number of carbonyl (C=O) groups is 1. The third-order valence-electron chi connectivity index (χ3n) is 3.45. The number of ether oxygens (including phenoxy) is 3. The van der Waals surface area contributed by atoms with Crippen LogP contribution in [0, 0.1) is 0 Å². The summed E-state index contributed by atoms with van der Waals surface area (Å²) in [5.74, 6) is 0.333. The highest BCUT2D eigenvalue weighted by atomic mass is 35.5. The number of esters is 1. The number of hydrogen-bond donors (Lipinski definition) is 1. The number of hydrogen-bond acceptors (Lipinski definition) is 5. The smallest absolute Gasteiger partial charge is 0.344 e. The molecule has 1 aliphatic rings. The number of cyclic esters (lactones) is 1. The number of rotatable bonds is 4. The van der Waals surface area contributed by atoms with Crippen molar-refractivity contribution < 1.29 is 19.0 Å². The van der Waals surface area contributed by atoms with Crippen LogP contribution in [-0.2, 0) is 4.74 Å². The molecule has 5 nitrogen and oxygen atoms in total. The summed E-state index contributed by atoms with van der Waals surface area (Å²) in [6, 6.07) is 8.49. The molecule has 1 unspecified atom stereocenters. The van der Waals surface area contributed by atoms with Gasteiger partial charge < -0.3 is 19.5 Å². The minimum atomic E-state index is -0.660. The lowest BCUT2D eigenvalue weighted by Crippen LogP contribution is -2.10. The molecule has 0 saturated carbocycles. The van der Waals surface area contributed by atoms with Gasteiger partial charge in [-0.15, -0.1) is 0 Å². The van der Waals surface area contributed by atoms with Crippen LogP contribution in [0.5, 0.6) is 11.5 Å². The number of anilines is 1. The van der Waals surface area contributed by atoms with E-state index in [2.05, 4.69) is 5.32 Å². The highest BCUT2D eigenvalue weighted by Crippen LogP contribution is 2.42. The van der Waals surface area contributed by atoms with Gasteiger partial charge in [-0.1, -0.05) is 23.2 Å². The van der Waals surface area contributed by atoms with Crippen LogP contribution in [0.25, 0.3) is 0 Å². The molecule has 1 N–H and O–H groups in total. The van der Waals surface area contributed by atoms with Gasteiger partial charge in [0.25, 0.3) is 0 Å². The van der Waals surface area contributed by atoms with Gasteiger partial charge in [-0.25, -0.2) is 4.79 Å². The topological polar surface area (TPSA) is 56.8 Å². The van der Waals surface area contributed by atoms with Crippen molar-refractivity contribution >= 4 is 34.9 Å². The number of halogens is 2. The standard InChI is InChI=1S/C16H13Cl2NO4/c1-21-12-4-3-11-13(14(12)22-2)16(20)23-15(11)19-10-6-8(17)5-9(18)7-10/h3-7,15,19H,1-2H3. The molecule has 0 fully saturated rings. The van der Waals surface area contributed by atoms with Crippen molar-refractivity contribution in [1.29, 1.82) is 0 Å². The maximum Gasteiger partial charge on any atom is 0.344 e. The van der Waals surface area contributed by atoms with E-state index in [1.807, 2.05) is 0 Å². The summed E-state index contributed by atoms with van der Waals surface area (Å²) in [6.07, 6.45) is -0.660. The molecule has 7 heteroatoms. The van der Waals surface area contributed by atoms with Crippen LogP contribution in [0.3, 0.4) is 0 Å². The molecule has 0 amide bonds. The van der Waals surface area contributed by atoms with Crippen LogP contribution in [0.15, 0.2) is 30.3 Å². The first-order chi connectivity index (χ1) is 11.0. The Kier molecular flexibility index (Phi) is 4.24. The molecule has 0 radical (unpaired) electrons. The van der Waals surface area contributed by atoms with E-state index in [1.54, 1.807) is 30.3 Å². The second-order valence-electron chi connectivity index (χ2n) is 4.85. The Bertz CT molecular complexity index is 759. The van der Waals surface area contributed by atoms with Crippen LogP contribution in [0.4, 0.5) is 5.69 Å². The highest BCUT2D eigenvalue weighted by molar-refractivity contribution is 6.35. The van der Waals surface area contributed by atoms with Gasteiger partial charge in [0.2, 0.25) is 6.23 Å². The quantitative estimate of drug-likeness (QED) is 0.830. The lowest BCUT2D eigenvalue weighted by molar-refractivity contribution is 0.0435. The Hall–Kier alpha value is -2.11. The van der Waals surface area contributed by atoms with Gasteiger partial charge in [0, 0.05) is 21.3 Å². The molecule has 23 heavy (non-hydrogen) atoms. The molecule has 3 rings (SSSR count). The number of methoxy groups -OCH3 is 2. The average molecular weight is 354 g/mol. The number of fused-ring (bicyclic) bond motifs is 1. The molecule has 0 bridgehead atoms. The fraction of sp³-hybridized carbons (Fsp3) is 0.188. The van der Waals surface area contributed by atoms with Crippen molar-refractivity contribution in [3.63, 3.8) is 0 Å². The lowest BCUT2D eigenvalue weighted by atomic mass is 10.1. The third-order valence-corrected chi connectivity index (χ3v) is 3.89. The van der Waals surface area contributed by atoms with Gasteiger partial charge >= 0.3 is 5.97 Å². The summed E-state index contributed by atoms with van der Waals surface area (Å²) in [5.41, 5.74) is 1.64. The molecule has 2 aromatic carbocycles. The van der Waals surface area contributed by atoms with E-state index in [1.165, 1.54) is 14.2 Å². The van der Waals surface area contributed by atoms with E-state index in [9.17, 15) is 4.79 Å². The van der Waals surface area contributed by atoms with Gasteiger partial charge in [0.1, 0.15) is 5.56 Å². The van der Waals surface area contributed by atoms with E-state index >= 15 is 0 Å². The van der Waals surface area contributed by atoms with Crippen molar-refractivity contribution in [2.45, 2.75) is 6.23 Å².